The second-order valence-electron chi connectivity index (χ2n) is 3.98. The molecule has 0 aliphatic rings. The number of nitrogens with zero attached hydrogens (tertiary/aromatic N) is 1. The molecular weight excluding hydrogens is 300 g/mol. The monoisotopic (exact) mass is 310 g/mol. The smallest absolute Gasteiger partial charge is 0.342 e. The molecule has 0 saturated carbocycles. The summed E-state index contributed by atoms with van der Waals surface area (Å²) in [4.78, 5) is 9.55. The van der Waals surface area contributed by atoms with Crippen molar-refractivity contribution in [3.8, 4) is 11.5 Å². The molecule has 2 aromatic rings. The van der Waals surface area contributed by atoms with E-state index in [0.717, 1.165) is 18.2 Å². The van der Waals surface area contributed by atoms with Gasteiger partial charge in [-0.05, 0) is 24.3 Å². The average Bonchev–Trinajstić information content (AvgIpc) is 2.40. The minimum Gasteiger partial charge on any atom is -0.506 e. The fraction of sp³-hybridized carbons (Fsp3) is 0. The van der Waals surface area contributed by atoms with Crippen molar-refractivity contribution in [2.75, 3.05) is 5.73 Å². The fourth-order valence-corrected chi connectivity index (χ4v) is 2.59. The molecule has 0 heterocycles. The van der Waals surface area contributed by atoms with Gasteiger partial charge in [0.25, 0.3) is 5.69 Å². The number of benzene rings is 2. The highest BCUT2D eigenvalue weighted by atomic mass is 32.2. The number of nitrogen functional groups attached to an aromatic ring is 1. The van der Waals surface area contributed by atoms with Gasteiger partial charge >= 0.3 is 10.1 Å². The molecule has 0 aliphatic carbocycles. The molecule has 0 unspecified atom stereocenters. The van der Waals surface area contributed by atoms with Gasteiger partial charge in [-0.2, -0.15) is 8.42 Å². The molecule has 3 N–H and O–H groups in total. The number of phenols is 1. The second kappa shape index (κ2) is 5.29. The molecule has 21 heavy (non-hydrogen) atoms. The molecule has 0 fully saturated rings. The third-order valence-corrected chi connectivity index (χ3v) is 3.83. The van der Waals surface area contributed by atoms with Crippen molar-refractivity contribution in [3.05, 3.63) is 52.6 Å². The predicted molar refractivity (Wildman–Crippen MR) is 73.4 cm³/mol. The van der Waals surface area contributed by atoms with Crippen LogP contribution in [0, 0.1) is 10.1 Å². The van der Waals surface area contributed by atoms with Crippen molar-refractivity contribution < 1.29 is 22.6 Å². The molecule has 110 valence electrons. The lowest BCUT2D eigenvalue weighted by molar-refractivity contribution is -0.383. The minimum absolute atomic E-state index is 0.118. The summed E-state index contributed by atoms with van der Waals surface area (Å²) in [5, 5.41) is 20.3. The van der Waals surface area contributed by atoms with Crippen LogP contribution in [-0.2, 0) is 10.1 Å². The first-order valence-electron chi connectivity index (χ1n) is 5.57. The van der Waals surface area contributed by atoms with E-state index in [4.69, 9.17) is 9.92 Å². The van der Waals surface area contributed by atoms with Crippen molar-refractivity contribution in [2.24, 2.45) is 0 Å². The standard InChI is InChI=1S/C12H10N2O6S/c13-9-6-5-8(7-10(9)14(16)17)20-21(18,19)12-4-2-1-3-11(12)15/h1-7,15H,13H2. The molecular formula is C12H10N2O6S. The summed E-state index contributed by atoms with van der Waals surface area (Å²) in [6.45, 7) is 0. The zero-order valence-corrected chi connectivity index (χ0v) is 11.3. The number of nitro groups is 1. The van der Waals surface area contributed by atoms with Gasteiger partial charge in [0.2, 0.25) is 0 Å². The Balaban J connectivity index is 2.40. The molecule has 0 bridgehead atoms. The summed E-state index contributed by atoms with van der Waals surface area (Å²) in [5.41, 5.74) is 4.81. The number of hydrogen-bond donors (Lipinski definition) is 2. The Morgan fingerprint density at radius 3 is 2.48 bits per heavy atom. The molecule has 9 heteroatoms. The van der Waals surface area contributed by atoms with Crippen LogP contribution in [0.25, 0.3) is 0 Å². The number of nitrogens with two attached hydrogens (primary N) is 1. The van der Waals surface area contributed by atoms with E-state index in [9.17, 15) is 23.6 Å². The summed E-state index contributed by atoms with van der Waals surface area (Å²) in [5.74, 6) is -0.762. The molecule has 0 aromatic heterocycles. The zero-order chi connectivity index (χ0) is 15.6. The van der Waals surface area contributed by atoms with Crippen molar-refractivity contribution in [3.63, 3.8) is 0 Å². The van der Waals surface area contributed by atoms with Crippen LogP contribution in [0.1, 0.15) is 0 Å². The van der Waals surface area contributed by atoms with Crippen molar-refractivity contribution >= 4 is 21.5 Å². The first-order valence-corrected chi connectivity index (χ1v) is 6.98. The maximum absolute atomic E-state index is 12.0. The van der Waals surface area contributed by atoms with Crippen LogP contribution in [0.5, 0.6) is 11.5 Å². The minimum atomic E-state index is -4.31. The van der Waals surface area contributed by atoms with E-state index < -0.39 is 31.4 Å². The Hall–Kier alpha value is -2.81. The maximum Gasteiger partial charge on any atom is 0.342 e. The number of anilines is 1. The van der Waals surface area contributed by atoms with Gasteiger partial charge in [0.1, 0.15) is 22.1 Å². The van der Waals surface area contributed by atoms with Crippen LogP contribution in [0.4, 0.5) is 11.4 Å². The Bertz CT molecular complexity index is 803. The summed E-state index contributed by atoms with van der Waals surface area (Å²) >= 11 is 0. The third kappa shape index (κ3) is 3.03. The van der Waals surface area contributed by atoms with Crippen LogP contribution >= 0.6 is 0 Å². The number of nitro benzene ring substituents is 1. The van der Waals surface area contributed by atoms with Crippen molar-refractivity contribution in [1.82, 2.24) is 0 Å². The lowest BCUT2D eigenvalue weighted by atomic mass is 10.2. The second-order valence-corrected chi connectivity index (χ2v) is 5.50. The lowest BCUT2D eigenvalue weighted by Gasteiger charge is -2.08. The van der Waals surface area contributed by atoms with E-state index in [1.165, 1.54) is 24.3 Å². The lowest BCUT2D eigenvalue weighted by Crippen LogP contribution is -2.10. The van der Waals surface area contributed by atoms with Gasteiger partial charge in [-0.1, -0.05) is 12.1 Å². The van der Waals surface area contributed by atoms with Gasteiger partial charge in [0.15, 0.2) is 0 Å². The van der Waals surface area contributed by atoms with Gasteiger partial charge in [-0.3, -0.25) is 10.1 Å². The first-order chi connectivity index (χ1) is 9.81. The number of aromatic hydroxyl groups is 1. The Kier molecular flexibility index (Phi) is 3.68. The van der Waals surface area contributed by atoms with E-state index in [1.54, 1.807) is 0 Å². The zero-order valence-electron chi connectivity index (χ0n) is 10.5. The van der Waals surface area contributed by atoms with Crippen molar-refractivity contribution in [1.29, 1.82) is 0 Å². The normalized spacial score (nSPS) is 11.0. The van der Waals surface area contributed by atoms with Gasteiger partial charge in [-0.15, -0.1) is 0 Å². The number of para-hydroxylation sites is 1. The third-order valence-electron chi connectivity index (χ3n) is 2.54. The first kappa shape index (κ1) is 14.6. The van der Waals surface area contributed by atoms with E-state index in [0.29, 0.717) is 0 Å². The summed E-state index contributed by atoms with van der Waals surface area (Å²) in [7, 11) is -4.31. The SMILES string of the molecule is Nc1ccc(OS(=O)(=O)c2ccccc2O)cc1[N+](=O)[O-]. The van der Waals surface area contributed by atoms with Crippen LogP contribution in [0.2, 0.25) is 0 Å². The predicted octanol–water partition coefficient (Wildman–Crippen LogP) is 1.65. The number of phenolic OH excluding ortho intramolecular Hbond substituents is 1. The fourth-order valence-electron chi connectivity index (χ4n) is 1.57. The van der Waals surface area contributed by atoms with Crippen molar-refractivity contribution in [2.45, 2.75) is 4.90 Å². The highest BCUT2D eigenvalue weighted by Crippen LogP contribution is 2.30. The molecule has 8 nitrogen and oxygen atoms in total. The van der Waals surface area contributed by atoms with E-state index in [-0.39, 0.29) is 11.4 Å². The highest BCUT2D eigenvalue weighted by molar-refractivity contribution is 7.87. The van der Waals surface area contributed by atoms with Crippen LogP contribution < -0.4 is 9.92 Å². The van der Waals surface area contributed by atoms with E-state index in [1.807, 2.05) is 0 Å². The largest absolute Gasteiger partial charge is 0.506 e. The molecule has 0 spiro atoms. The van der Waals surface area contributed by atoms with Gasteiger partial charge in [-0.25, -0.2) is 0 Å². The van der Waals surface area contributed by atoms with Crippen LogP contribution in [0.3, 0.4) is 0 Å². The van der Waals surface area contributed by atoms with Crippen LogP contribution in [0.15, 0.2) is 47.4 Å². The summed E-state index contributed by atoms with van der Waals surface area (Å²) < 4.78 is 28.8. The highest BCUT2D eigenvalue weighted by Gasteiger charge is 2.22. The molecule has 2 rings (SSSR count). The van der Waals surface area contributed by atoms with E-state index >= 15 is 0 Å². The molecule has 0 aliphatic heterocycles. The Morgan fingerprint density at radius 1 is 1.19 bits per heavy atom. The molecule has 0 saturated heterocycles. The van der Waals surface area contributed by atoms with Gasteiger partial charge in [0, 0.05) is 0 Å². The van der Waals surface area contributed by atoms with E-state index in [2.05, 4.69) is 0 Å². The molecule has 0 radical (unpaired) electrons. The summed E-state index contributed by atoms with van der Waals surface area (Å²) in [6.07, 6.45) is 0. The Labute approximate surface area is 119 Å². The van der Waals surface area contributed by atoms with Gasteiger partial charge in [0.05, 0.1) is 11.0 Å². The average molecular weight is 310 g/mol. The topological polar surface area (TPSA) is 133 Å². The summed E-state index contributed by atoms with van der Waals surface area (Å²) in [6, 6.07) is 8.42. The molecule has 2 aromatic carbocycles. The van der Waals surface area contributed by atoms with Crippen LogP contribution in [-0.4, -0.2) is 18.4 Å². The maximum atomic E-state index is 12.0. The number of hydrogen-bond acceptors (Lipinski definition) is 7. The number of rotatable bonds is 4. The van der Waals surface area contributed by atoms with Gasteiger partial charge < -0.3 is 15.0 Å². The quantitative estimate of drug-likeness (QED) is 0.379. The Morgan fingerprint density at radius 2 is 1.86 bits per heavy atom. The molecule has 0 atom stereocenters. The molecule has 0 amide bonds.